The molecule has 5 nitrogen and oxygen atoms in total. The summed E-state index contributed by atoms with van der Waals surface area (Å²) in [6.07, 6.45) is 1.03. The predicted octanol–water partition coefficient (Wildman–Crippen LogP) is 1.51. The van der Waals surface area contributed by atoms with Gasteiger partial charge < -0.3 is 19.8 Å². The molecule has 2 rings (SSSR count). The summed E-state index contributed by atoms with van der Waals surface area (Å²) in [5.41, 5.74) is 1.88. The van der Waals surface area contributed by atoms with Crippen LogP contribution >= 0.6 is 0 Å². The number of rotatable bonds is 4. The molecule has 0 saturated heterocycles. The Morgan fingerprint density at radius 3 is 3.00 bits per heavy atom. The van der Waals surface area contributed by atoms with Crippen molar-refractivity contribution in [3.63, 3.8) is 0 Å². The Hall–Kier alpha value is -1.75. The van der Waals surface area contributed by atoms with E-state index in [4.69, 9.17) is 4.42 Å². The Morgan fingerprint density at radius 1 is 1.59 bits per heavy atom. The molecule has 0 spiro atoms. The fourth-order valence-electron chi connectivity index (χ4n) is 1.50. The number of hydrogen-bond acceptors (Lipinski definition) is 3. The molecule has 5 heteroatoms. The molecule has 0 radical (unpaired) electrons. The molecule has 3 N–H and O–H groups in total. The smallest absolute Gasteiger partial charge is 0.267 e. The highest BCUT2D eigenvalue weighted by Gasteiger charge is 2.14. The molecule has 2 aromatic heterocycles. The minimum absolute atomic E-state index is 0.121. The lowest BCUT2D eigenvalue weighted by molar-refractivity contribution is 0.0868. The van der Waals surface area contributed by atoms with Crippen molar-refractivity contribution in [1.82, 2.24) is 10.3 Å². The van der Waals surface area contributed by atoms with Gasteiger partial charge in [-0.05, 0) is 5.92 Å². The van der Waals surface area contributed by atoms with Crippen molar-refractivity contribution in [3.8, 4) is 0 Å². The van der Waals surface area contributed by atoms with Gasteiger partial charge in [0.1, 0.15) is 5.69 Å². The van der Waals surface area contributed by atoms with E-state index in [0.717, 1.165) is 5.52 Å². The molecule has 17 heavy (non-hydrogen) atoms. The first-order chi connectivity index (χ1) is 8.08. The van der Waals surface area contributed by atoms with E-state index in [0.29, 0.717) is 11.3 Å². The minimum Gasteiger partial charge on any atom is -0.463 e. The topological polar surface area (TPSA) is 78.3 Å². The molecule has 92 valence electrons. The molecule has 1 amide bonds. The Morgan fingerprint density at radius 2 is 2.35 bits per heavy atom. The van der Waals surface area contributed by atoms with E-state index in [9.17, 15) is 9.90 Å². The summed E-state index contributed by atoms with van der Waals surface area (Å²) >= 11 is 0. The van der Waals surface area contributed by atoms with Crippen LogP contribution in [0.4, 0.5) is 0 Å². The third-order valence-corrected chi connectivity index (χ3v) is 2.73. The van der Waals surface area contributed by atoms with Crippen LogP contribution in [-0.2, 0) is 0 Å². The lowest BCUT2D eigenvalue weighted by atomic mass is 10.1. The molecule has 0 aromatic carbocycles. The minimum atomic E-state index is -0.531. The Bertz CT molecular complexity index is 484. The van der Waals surface area contributed by atoms with Gasteiger partial charge in [0.05, 0.1) is 17.9 Å². The molecular formula is C12H16N2O3. The summed E-state index contributed by atoms with van der Waals surface area (Å²) in [6.45, 7) is 4.05. The second-order valence-electron chi connectivity index (χ2n) is 4.40. The van der Waals surface area contributed by atoms with Crippen molar-refractivity contribution in [2.45, 2.75) is 20.0 Å². The van der Waals surface area contributed by atoms with Crippen molar-refractivity contribution in [3.05, 3.63) is 24.1 Å². The molecule has 2 heterocycles. The van der Waals surface area contributed by atoms with Crippen LogP contribution < -0.4 is 5.32 Å². The van der Waals surface area contributed by atoms with Gasteiger partial charge in [0, 0.05) is 18.7 Å². The van der Waals surface area contributed by atoms with Crippen LogP contribution in [0.3, 0.4) is 0 Å². The lowest BCUT2D eigenvalue weighted by Gasteiger charge is -2.14. The molecule has 2 aromatic rings. The van der Waals surface area contributed by atoms with Crippen LogP contribution in [-0.4, -0.2) is 28.6 Å². The third-order valence-electron chi connectivity index (χ3n) is 2.73. The number of aromatic nitrogens is 1. The summed E-state index contributed by atoms with van der Waals surface area (Å²) in [7, 11) is 0. The summed E-state index contributed by atoms with van der Waals surface area (Å²) in [5, 5.41) is 12.2. The zero-order valence-electron chi connectivity index (χ0n) is 9.86. The number of hydrogen-bond donors (Lipinski definition) is 3. The number of nitrogens with one attached hydrogen (secondary N) is 2. The van der Waals surface area contributed by atoms with E-state index in [2.05, 4.69) is 10.3 Å². The highest BCUT2D eigenvalue weighted by molar-refractivity contribution is 5.96. The SMILES string of the molecule is CC(C)C(O)CNC(=O)c1cc2occc2[nH]1. The number of carbonyl (C=O) groups is 1. The average molecular weight is 236 g/mol. The lowest BCUT2D eigenvalue weighted by Crippen LogP contribution is -2.34. The molecule has 1 unspecified atom stereocenters. The largest absolute Gasteiger partial charge is 0.463 e. The summed E-state index contributed by atoms with van der Waals surface area (Å²) in [5.74, 6) is -0.119. The number of fused-ring (bicyclic) bond motifs is 1. The fraction of sp³-hybridized carbons (Fsp3) is 0.417. The number of carbonyl (C=O) groups excluding carboxylic acids is 1. The fourth-order valence-corrected chi connectivity index (χ4v) is 1.50. The van der Waals surface area contributed by atoms with Gasteiger partial charge in [0.25, 0.3) is 5.91 Å². The summed E-state index contributed by atoms with van der Waals surface area (Å²) in [4.78, 5) is 14.7. The average Bonchev–Trinajstić information content (AvgIpc) is 2.84. The van der Waals surface area contributed by atoms with Gasteiger partial charge in [0.2, 0.25) is 0 Å². The van der Waals surface area contributed by atoms with Crippen LogP contribution in [0, 0.1) is 5.92 Å². The maximum absolute atomic E-state index is 11.7. The summed E-state index contributed by atoms with van der Waals surface area (Å²) in [6, 6.07) is 3.40. The van der Waals surface area contributed by atoms with E-state index in [1.807, 2.05) is 13.8 Å². The first kappa shape index (κ1) is 11.7. The van der Waals surface area contributed by atoms with Crippen LogP contribution in [0.1, 0.15) is 24.3 Å². The third kappa shape index (κ3) is 2.50. The zero-order chi connectivity index (χ0) is 12.4. The molecule has 0 aliphatic heterocycles. The number of amides is 1. The predicted molar refractivity (Wildman–Crippen MR) is 63.7 cm³/mol. The van der Waals surface area contributed by atoms with Crippen LogP contribution in [0.15, 0.2) is 22.8 Å². The van der Waals surface area contributed by atoms with Crippen molar-refractivity contribution in [2.24, 2.45) is 5.92 Å². The maximum atomic E-state index is 11.7. The van der Waals surface area contributed by atoms with Crippen LogP contribution in [0.2, 0.25) is 0 Å². The van der Waals surface area contributed by atoms with Crippen LogP contribution in [0.5, 0.6) is 0 Å². The molecule has 0 bridgehead atoms. The monoisotopic (exact) mass is 236 g/mol. The second kappa shape index (κ2) is 4.63. The number of aliphatic hydroxyl groups excluding tert-OH is 1. The molecular weight excluding hydrogens is 220 g/mol. The van der Waals surface area contributed by atoms with E-state index >= 15 is 0 Å². The van der Waals surface area contributed by atoms with Crippen LogP contribution in [0.25, 0.3) is 11.1 Å². The normalized spacial score (nSPS) is 13.2. The van der Waals surface area contributed by atoms with Crippen molar-refractivity contribution < 1.29 is 14.3 Å². The van der Waals surface area contributed by atoms with Gasteiger partial charge in [-0.25, -0.2) is 0 Å². The quantitative estimate of drug-likeness (QED) is 0.752. The highest BCUT2D eigenvalue weighted by Crippen LogP contribution is 2.15. The maximum Gasteiger partial charge on any atom is 0.267 e. The van der Waals surface area contributed by atoms with Gasteiger partial charge in [-0.2, -0.15) is 0 Å². The molecule has 0 aliphatic rings. The Kier molecular flexibility index (Phi) is 3.19. The number of H-pyrrole nitrogens is 1. The molecule has 0 saturated carbocycles. The van der Waals surface area contributed by atoms with E-state index in [-0.39, 0.29) is 18.4 Å². The molecule has 0 aliphatic carbocycles. The van der Waals surface area contributed by atoms with E-state index in [1.54, 1.807) is 18.4 Å². The second-order valence-corrected chi connectivity index (χ2v) is 4.40. The van der Waals surface area contributed by atoms with E-state index in [1.165, 1.54) is 0 Å². The standard InChI is InChI=1S/C12H16N2O3/c1-7(2)10(15)6-13-12(16)9-5-11-8(14-9)3-4-17-11/h3-5,7,10,14-15H,6H2,1-2H3,(H,13,16). The Labute approximate surface area is 98.8 Å². The van der Waals surface area contributed by atoms with Gasteiger partial charge >= 0.3 is 0 Å². The molecule has 0 fully saturated rings. The van der Waals surface area contributed by atoms with Crippen molar-refractivity contribution >= 4 is 17.0 Å². The number of aliphatic hydroxyl groups is 1. The van der Waals surface area contributed by atoms with E-state index < -0.39 is 6.10 Å². The Balaban J connectivity index is 1.98. The van der Waals surface area contributed by atoms with Gasteiger partial charge in [-0.3, -0.25) is 4.79 Å². The summed E-state index contributed by atoms with van der Waals surface area (Å²) < 4.78 is 5.15. The van der Waals surface area contributed by atoms with Gasteiger partial charge in [0.15, 0.2) is 5.58 Å². The van der Waals surface area contributed by atoms with Crippen molar-refractivity contribution in [1.29, 1.82) is 0 Å². The number of furan rings is 1. The first-order valence-electron chi connectivity index (χ1n) is 5.60. The number of aromatic amines is 1. The zero-order valence-corrected chi connectivity index (χ0v) is 9.86. The van der Waals surface area contributed by atoms with Gasteiger partial charge in [-0.1, -0.05) is 13.8 Å². The first-order valence-corrected chi connectivity index (χ1v) is 5.60. The highest BCUT2D eigenvalue weighted by atomic mass is 16.3. The molecule has 1 atom stereocenters. The van der Waals surface area contributed by atoms with Gasteiger partial charge in [-0.15, -0.1) is 0 Å². The van der Waals surface area contributed by atoms with Crippen molar-refractivity contribution in [2.75, 3.05) is 6.54 Å².